The number of hydrogen-bond acceptors (Lipinski definition) is 4. The molecule has 5 heteroatoms. The van der Waals surface area contributed by atoms with Gasteiger partial charge in [0.2, 0.25) is 0 Å². The molecule has 0 bridgehead atoms. The maximum Gasteiger partial charge on any atom is 0.147 e. The third-order valence-corrected chi connectivity index (χ3v) is 5.65. The van der Waals surface area contributed by atoms with Crippen LogP contribution in [0.1, 0.15) is 46.0 Å². The molecule has 1 rings (SSSR count). The van der Waals surface area contributed by atoms with E-state index < -0.39 is 9.84 Å². The minimum absolute atomic E-state index is 0.0554. The summed E-state index contributed by atoms with van der Waals surface area (Å²) in [5.74, 6) is 0.266. The van der Waals surface area contributed by atoms with Crippen LogP contribution in [0.15, 0.2) is 0 Å². The number of nitrogens with one attached hydrogen (secondary N) is 1. The Morgan fingerprint density at radius 2 is 1.84 bits per heavy atom. The van der Waals surface area contributed by atoms with E-state index in [2.05, 4.69) is 24.1 Å². The summed E-state index contributed by atoms with van der Waals surface area (Å²) in [6.07, 6.45) is 6.91. The number of nitrogens with zero attached hydrogens (tertiary/aromatic N) is 1. The monoisotopic (exact) mass is 290 g/mol. The summed E-state index contributed by atoms with van der Waals surface area (Å²) in [4.78, 5) is 2.56. The Balaban J connectivity index is 2.77. The molecule has 1 aliphatic rings. The van der Waals surface area contributed by atoms with Crippen LogP contribution in [0.25, 0.3) is 0 Å². The highest BCUT2D eigenvalue weighted by atomic mass is 32.2. The summed E-state index contributed by atoms with van der Waals surface area (Å²) >= 11 is 0. The van der Waals surface area contributed by atoms with Crippen LogP contribution in [0.5, 0.6) is 0 Å². The van der Waals surface area contributed by atoms with Crippen LogP contribution in [-0.4, -0.2) is 57.0 Å². The Bertz CT molecular complexity index is 364. The van der Waals surface area contributed by atoms with Crippen LogP contribution in [0.2, 0.25) is 0 Å². The molecule has 0 saturated carbocycles. The van der Waals surface area contributed by atoms with Gasteiger partial charge in [0.25, 0.3) is 0 Å². The fourth-order valence-electron chi connectivity index (χ4n) is 3.19. The highest BCUT2D eigenvalue weighted by Crippen LogP contribution is 2.29. The van der Waals surface area contributed by atoms with Gasteiger partial charge >= 0.3 is 0 Å². The van der Waals surface area contributed by atoms with Crippen molar-refractivity contribution in [2.45, 2.75) is 57.5 Å². The molecule has 0 radical (unpaired) electrons. The van der Waals surface area contributed by atoms with E-state index in [1.54, 1.807) is 0 Å². The lowest BCUT2D eigenvalue weighted by Crippen LogP contribution is -2.60. The molecule has 0 aromatic rings. The van der Waals surface area contributed by atoms with Crippen molar-refractivity contribution in [3.8, 4) is 0 Å². The smallest absolute Gasteiger partial charge is 0.147 e. The summed E-state index contributed by atoms with van der Waals surface area (Å²) in [5.41, 5.74) is 0.0554. The molecule has 1 aliphatic heterocycles. The number of hydrogen-bond donors (Lipinski definition) is 1. The van der Waals surface area contributed by atoms with E-state index in [9.17, 15) is 8.42 Å². The van der Waals surface area contributed by atoms with Gasteiger partial charge < -0.3 is 5.32 Å². The minimum atomic E-state index is -2.89. The lowest BCUT2D eigenvalue weighted by atomic mass is 9.84. The van der Waals surface area contributed by atoms with E-state index >= 15 is 0 Å². The lowest BCUT2D eigenvalue weighted by Gasteiger charge is -2.48. The normalized spacial score (nSPS) is 22.9. The van der Waals surface area contributed by atoms with Gasteiger partial charge in [-0.1, -0.05) is 13.3 Å². The van der Waals surface area contributed by atoms with E-state index in [0.29, 0.717) is 6.42 Å². The average molecular weight is 290 g/mol. The Hall–Kier alpha value is -0.130. The Labute approximate surface area is 118 Å². The fourth-order valence-corrected chi connectivity index (χ4v) is 3.86. The van der Waals surface area contributed by atoms with Gasteiger partial charge in [-0.25, -0.2) is 8.42 Å². The van der Waals surface area contributed by atoms with Crippen molar-refractivity contribution in [1.29, 1.82) is 0 Å². The maximum absolute atomic E-state index is 11.4. The van der Waals surface area contributed by atoms with Crippen molar-refractivity contribution >= 4 is 9.84 Å². The van der Waals surface area contributed by atoms with Crippen LogP contribution in [0.4, 0.5) is 0 Å². The lowest BCUT2D eigenvalue weighted by molar-refractivity contribution is 0.0443. The molecule has 19 heavy (non-hydrogen) atoms. The van der Waals surface area contributed by atoms with E-state index in [1.807, 2.05) is 7.05 Å². The molecule has 1 fully saturated rings. The van der Waals surface area contributed by atoms with Crippen LogP contribution in [-0.2, 0) is 9.84 Å². The second-order valence-electron chi connectivity index (χ2n) is 6.02. The molecule has 4 nitrogen and oxygen atoms in total. The van der Waals surface area contributed by atoms with E-state index in [0.717, 1.165) is 19.5 Å². The van der Waals surface area contributed by atoms with Gasteiger partial charge in [0, 0.05) is 17.8 Å². The number of rotatable bonds is 7. The van der Waals surface area contributed by atoms with Gasteiger partial charge in [0.05, 0.1) is 5.75 Å². The predicted molar refractivity (Wildman–Crippen MR) is 81.3 cm³/mol. The average Bonchev–Trinajstić information content (AvgIpc) is 2.38. The zero-order chi connectivity index (χ0) is 14.5. The molecular weight excluding hydrogens is 260 g/mol. The number of piperidine rings is 1. The minimum Gasteiger partial charge on any atom is -0.315 e. The van der Waals surface area contributed by atoms with Crippen molar-refractivity contribution in [2.75, 3.05) is 32.1 Å². The highest BCUT2D eigenvalue weighted by molar-refractivity contribution is 7.90. The quantitative estimate of drug-likeness (QED) is 0.775. The van der Waals surface area contributed by atoms with E-state index in [4.69, 9.17) is 0 Å². The highest BCUT2D eigenvalue weighted by Gasteiger charge is 2.37. The number of sulfone groups is 1. The summed E-state index contributed by atoms with van der Waals surface area (Å²) in [5, 5.41) is 3.36. The van der Waals surface area contributed by atoms with Crippen LogP contribution in [0, 0.1) is 0 Å². The molecule has 1 N–H and O–H groups in total. The first-order valence-corrected chi connectivity index (χ1v) is 9.49. The number of likely N-dealkylation sites (tertiary alicyclic amines) is 1. The second kappa shape index (κ2) is 7.04. The molecule has 1 saturated heterocycles. The van der Waals surface area contributed by atoms with Gasteiger partial charge in [-0.3, -0.25) is 4.90 Å². The van der Waals surface area contributed by atoms with Crippen molar-refractivity contribution in [2.24, 2.45) is 0 Å². The van der Waals surface area contributed by atoms with E-state index in [-0.39, 0.29) is 17.3 Å². The largest absolute Gasteiger partial charge is 0.315 e. The van der Waals surface area contributed by atoms with Gasteiger partial charge in [-0.2, -0.15) is 0 Å². The molecule has 114 valence electrons. The van der Waals surface area contributed by atoms with Crippen molar-refractivity contribution in [3.05, 3.63) is 0 Å². The Kier molecular flexibility index (Phi) is 6.27. The van der Waals surface area contributed by atoms with Gasteiger partial charge in [0.15, 0.2) is 0 Å². The molecule has 0 aliphatic carbocycles. The van der Waals surface area contributed by atoms with Crippen molar-refractivity contribution < 1.29 is 8.42 Å². The Morgan fingerprint density at radius 1 is 1.26 bits per heavy atom. The first-order valence-electron chi connectivity index (χ1n) is 7.43. The second-order valence-corrected chi connectivity index (χ2v) is 8.28. The van der Waals surface area contributed by atoms with Crippen LogP contribution >= 0.6 is 0 Å². The SMILES string of the molecule is CCC(C)(C(CCS(C)(=O)=O)NC)N1CCCCC1. The molecule has 0 amide bonds. The molecule has 1 heterocycles. The molecule has 2 unspecified atom stereocenters. The van der Waals surface area contributed by atoms with E-state index in [1.165, 1.54) is 25.5 Å². The summed E-state index contributed by atoms with van der Waals surface area (Å²) < 4.78 is 22.8. The summed E-state index contributed by atoms with van der Waals surface area (Å²) in [6.45, 7) is 6.77. The fraction of sp³-hybridized carbons (Fsp3) is 1.00. The number of likely N-dealkylation sites (N-methyl/N-ethyl adjacent to an activating group) is 1. The molecule has 0 spiro atoms. The van der Waals surface area contributed by atoms with Gasteiger partial charge in [0.1, 0.15) is 9.84 Å². The van der Waals surface area contributed by atoms with Gasteiger partial charge in [-0.15, -0.1) is 0 Å². The zero-order valence-corrected chi connectivity index (χ0v) is 13.7. The first-order chi connectivity index (χ1) is 8.83. The molecule has 0 aromatic heterocycles. The van der Waals surface area contributed by atoms with Crippen LogP contribution in [0.3, 0.4) is 0 Å². The standard InChI is InChI=1S/C14H30N2O2S/c1-5-14(2,16-10-7-6-8-11-16)13(15-3)9-12-19(4,17)18/h13,15H,5-12H2,1-4H3. The van der Waals surface area contributed by atoms with Crippen molar-refractivity contribution in [3.63, 3.8) is 0 Å². The zero-order valence-electron chi connectivity index (χ0n) is 12.9. The van der Waals surface area contributed by atoms with Crippen LogP contribution < -0.4 is 5.32 Å². The summed E-state index contributed by atoms with van der Waals surface area (Å²) in [7, 11) is -0.938. The Morgan fingerprint density at radius 3 is 2.26 bits per heavy atom. The summed E-state index contributed by atoms with van der Waals surface area (Å²) in [6, 6.07) is 0.227. The molecular formula is C14H30N2O2S. The third kappa shape index (κ3) is 4.72. The van der Waals surface area contributed by atoms with Gasteiger partial charge in [-0.05, 0) is 52.7 Å². The molecule has 2 atom stereocenters. The van der Waals surface area contributed by atoms with Crippen molar-refractivity contribution in [1.82, 2.24) is 10.2 Å². The molecule has 0 aromatic carbocycles. The maximum atomic E-state index is 11.4. The first kappa shape index (κ1) is 16.9. The predicted octanol–water partition coefficient (Wildman–Crippen LogP) is 1.66. The third-order valence-electron chi connectivity index (χ3n) is 4.67. The topological polar surface area (TPSA) is 49.4 Å².